The van der Waals surface area contributed by atoms with Crippen LogP contribution in [0.1, 0.15) is 29.6 Å². The van der Waals surface area contributed by atoms with E-state index in [1.807, 2.05) is 42.5 Å². The van der Waals surface area contributed by atoms with Gasteiger partial charge in [-0.1, -0.05) is 55.3 Å². The highest BCUT2D eigenvalue weighted by Crippen LogP contribution is 2.33. The maximum Gasteiger partial charge on any atom is 0.326 e. The number of hydrogen-bond donors (Lipinski definition) is 2. The molecule has 0 radical (unpaired) electrons. The number of aliphatic carboxylic acids is 1. The molecule has 2 aromatic rings. The van der Waals surface area contributed by atoms with Crippen molar-refractivity contribution in [1.29, 1.82) is 0 Å². The molecule has 0 heterocycles. The molecule has 1 saturated carbocycles. The van der Waals surface area contributed by atoms with E-state index in [2.05, 4.69) is 5.32 Å². The molecule has 1 amide bonds. The van der Waals surface area contributed by atoms with Crippen molar-refractivity contribution in [3.8, 4) is 11.1 Å². The van der Waals surface area contributed by atoms with Crippen LogP contribution in [0.4, 0.5) is 0 Å². The van der Waals surface area contributed by atoms with E-state index in [1.54, 1.807) is 12.1 Å². The highest BCUT2D eigenvalue weighted by Gasteiger charge is 2.30. The molecular formula is C19H19NO3. The topological polar surface area (TPSA) is 66.4 Å². The first-order valence-electron chi connectivity index (χ1n) is 7.82. The van der Waals surface area contributed by atoms with Crippen molar-refractivity contribution >= 4 is 11.9 Å². The van der Waals surface area contributed by atoms with Gasteiger partial charge in [0.2, 0.25) is 0 Å². The summed E-state index contributed by atoms with van der Waals surface area (Å²) in [5.41, 5.74) is 2.58. The van der Waals surface area contributed by atoms with Gasteiger partial charge in [0, 0.05) is 5.56 Å². The largest absolute Gasteiger partial charge is 0.480 e. The predicted octanol–water partition coefficient (Wildman–Crippen LogP) is 3.34. The lowest BCUT2D eigenvalue weighted by Gasteiger charge is -2.14. The molecule has 1 aliphatic carbocycles. The van der Waals surface area contributed by atoms with Crippen molar-refractivity contribution in [2.45, 2.75) is 25.3 Å². The molecule has 0 spiro atoms. The van der Waals surface area contributed by atoms with E-state index < -0.39 is 12.0 Å². The highest BCUT2D eigenvalue weighted by molar-refractivity contribution is 5.97. The molecule has 0 aromatic heterocycles. The van der Waals surface area contributed by atoms with E-state index in [0.29, 0.717) is 17.9 Å². The highest BCUT2D eigenvalue weighted by atomic mass is 16.4. The lowest BCUT2D eigenvalue weighted by molar-refractivity contribution is -0.139. The van der Waals surface area contributed by atoms with Gasteiger partial charge in [-0.2, -0.15) is 0 Å². The third-order valence-electron chi connectivity index (χ3n) is 4.12. The predicted molar refractivity (Wildman–Crippen MR) is 88.1 cm³/mol. The minimum atomic E-state index is -0.967. The van der Waals surface area contributed by atoms with Gasteiger partial charge < -0.3 is 10.4 Å². The molecule has 1 fully saturated rings. The van der Waals surface area contributed by atoms with Gasteiger partial charge in [-0.25, -0.2) is 4.79 Å². The van der Waals surface area contributed by atoms with Gasteiger partial charge in [0.1, 0.15) is 6.04 Å². The Bertz CT molecular complexity index is 690. The van der Waals surface area contributed by atoms with E-state index in [1.165, 1.54) is 0 Å². The van der Waals surface area contributed by atoms with Crippen LogP contribution in [0.5, 0.6) is 0 Å². The minimum absolute atomic E-state index is 0.335. The third-order valence-corrected chi connectivity index (χ3v) is 4.12. The molecule has 0 saturated heterocycles. The summed E-state index contributed by atoms with van der Waals surface area (Å²) in [6, 6.07) is 16.3. The number of carboxylic acids is 1. The summed E-state index contributed by atoms with van der Waals surface area (Å²) in [7, 11) is 0. The summed E-state index contributed by atoms with van der Waals surface area (Å²) in [6.45, 7) is 0. The van der Waals surface area contributed by atoms with Gasteiger partial charge in [0.25, 0.3) is 5.91 Å². The Balaban J connectivity index is 1.68. The number of nitrogens with one attached hydrogen (secondary N) is 1. The Kier molecular flexibility index (Phi) is 4.42. The standard InChI is InChI=1S/C19H19NO3/c21-18(20-17(19(22)23)12-13-6-7-13)16-10-8-15(9-11-16)14-4-2-1-3-5-14/h1-5,8-11,13,17H,6-7,12H2,(H,20,21)(H,22,23)/t17-/m0/s1. The summed E-state index contributed by atoms with van der Waals surface area (Å²) < 4.78 is 0. The molecule has 0 bridgehead atoms. The fourth-order valence-corrected chi connectivity index (χ4v) is 2.59. The fraction of sp³-hybridized carbons (Fsp3) is 0.263. The molecule has 23 heavy (non-hydrogen) atoms. The molecular weight excluding hydrogens is 290 g/mol. The number of benzene rings is 2. The summed E-state index contributed by atoms with van der Waals surface area (Å²) in [5.74, 6) is -0.860. The third kappa shape index (κ3) is 3.97. The molecule has 0 unspecified atom stereocenters. The Morgan fingerprint density at radius 1 is 1.00 bits per heavy atom. The van der Waals surface area contributed by atoms with Crippen LogP contribution in [0.15, 0.2) is 54.6 Å². The molecule has 118 valence electrons. The van der Waals surface area contributed by atoms with E-state index in [0.717, 1.165) is 24.0 Å². The average molecular weight is 309 g/mol. The minimum Gasteiger partial charge on any atom is -0.480 e. The van der Waals surface area contributed by atoms with Crippen molar-refractivity contribution in [2.75, 3.05) is 0 Å². The van der Waals surface area contributed by atoms with Crippen molar-refractivity contribution in [2.24, 2.45) is 5.92 Å². The normalized spacial score (nSPS) is 15.0. The van der Waals surface area contributed by atoms with Crippen LogP contribution in [0.2, 0.25) is 0 Å². The number of amides is 1. The van der Waals surface area contributed by atoms with Gasteiger partial charge in [-0.05, 0) is 35.6 Å². The van der Waals surface area contributed by atoms with Crippen molar-refractivity contribution in [3.05, 3.63) is 60.2 Å². The van der Waals surface area contributed by atoms with E-state index in [-0.39, 0.29) is 5.91 Å². The maximum atomic E-state index is 12.2. The van der Waals surface area contributed by atoms with Crippen LogP contribution in [-0.2, 0) is 4.79 Å². The quantitative estimate of drug-likeness (QED) is 0.860. The molecule has 0 aliphatic heterocycles. The number of carbonyl (C=O) groups is 2. The second kappa shape index (κ2) is 6.65. The van der Waals surface area contributed by atoms with Gasteiger partial charge in [-0.3, -0.25) is 4.79 Å². The molecule has 1 aliphatic rings. The average Bonchev–Trinajstić information content (AvgIpc) is 3.39. The van der Waals surface area contributed by atoms with Gasteiger partial charge in [0.15, 0.2) is 0 Å². The van der Waals surface area contributed by atoms with Gasteiger partial charge in [-0.15, -0.1) is 0 Å². The first kappa shape index (κ1) is 15.3. The Morgan fingerprint density at radius 3 is 2.17 bits per heavy atom. The molecule has 3 rings (SSSR count). The zero-order chi connectivity index (χ0) is 16.2. The van der Waals surface area contributed by atoms with E-state index >= 15 is 0 Å². The molecule has 2 N–H and O–H groups in total. The summed E-state index contributed by atoms with van der Waals surface area (Å²) in [6.07, 6.45) is 2.64. The Morgan fingerprint density at radius 2 is 1.61 bits per heavy atom. The first-order valence-corrected chi connectivity index (χ1v) is 7.82. The van der Waals surface area contributed by atoms with Crippen LogP contribution in [-0.4, -0.2) is 23.0 Å². The van der Waals surface area contributed by atoms with Crippen molar-refractivity contribution < 1.29 is 14.7 Å². The van der Waals surface area contributed by atoms with Crippen LogP contribution in [0.3, 0.4) is 0 Å². The first-order chi connectivity index (χ1) is 11.1. The van der Waals surface area contributed by atoms with Crippen LogP contribution >= 0.6 is 0 Å². The number of rotatable bonds is 6. The van der Waals surface area contributed by atoms with E-state index in [4.69, 9.17) is 0 Å². The summed E-state index contributed by atoms with van der Waals surface area (Å²) in [5, 5.41) is 11.8. The monoisotopic (exact) mass is 309 g/mol. The number of hydrogen-bond acceptors (Lipinski definition) is 2. The Labute approximate surface area is 135 Å². The van der Waals surface area contributed by atoms with Crippen LogP contribution in [0.25, 0.3) is 11.1 Å². The molecule has 4 nitrogen and oxygen atoms in total. The number of carbonyl (C=O) groups excluding carboxylic acids is 1. The lowest BCUT2D eigenvalue weighted by atomic mass is 10.0. The smallest absolute Gasteiger partial charge is 0.326 e. The van der Waals surface area contributed by atoms with Crippen LogP contribution in [0, 0.1) is 5.92 Å². The van der Waals surface area contributed by atoms with Crippen LogP contribution < -0.4 is 5.32 Å². The molecule has 2 aromatic carbocycles. The Hall–Kier alpha value is -2.62. The van der Waals surface area contributed by atoms with E-state index in [9.17, 15) is 14.7 Å². The zero-order valence-electron chi connectivity index (χ0n) is 12.7. The molecule has 4 heteroatoms. The summed E-state index contributed by atoms with van der Waals surface area (Å²) in [4.78, 5) is 23.5. The number of carboxylic acid groups (broad SMARTS) is 1. The van der Waals surface area contributed by atoms with Crippen molar-refractivity contribution in [3.63, 3.8) is 0 Å². The SMILES string of the molecule is O=C(N[C@@H](CC1CC1)C(=O)O)c1ccc(-c2ccccc2)cc1. The fourth-order valence-electron chi connectivity index (χ4n) is 2.59. The second-order valence-corrected chi connectivity index (χ2v) is 5.99. The zero-order valence-corrected chi connectivity index (χ0v) is 12.7. The summed E-state index contributed by atoms with van der Waals surface area (Å²) >= 11 is 0. The second-order valence-electron chi connectivity index (χ2n) is 5.99. The van der Waals surface area contributed by atoms with Gasteiger partial charge in [0.05, 0.1) is 0 Å². The lowest BCUT2D eigenvalue weighted by Crippen LogP contribution is -2.41. The van der Waals surface area contributed by atoms with Crippen molar-refractivity contribution in [1.82, 2.24) is 5.32 Å². The molecule has 1 atom stereocenters. The maximum absolute atomic E-state index is 12.2. The van der Waals surface area contributed by atoms with Gasteiger partial charge >= 0.3 is 5.97 Å².